The van der Waals surface area contributed by atoms with E-state index in [0.717, 1.165) is 25.7 Å². The summed E-state index contributed by atoms with van der Waals surface area (Å²) in [6, 6.07) is 0. The van der Waals surface area contributed by atoms with Crippen molar-refractivity contribution in [2.45, 2.75) is 50.7 Å². The highest BCUT2D eigenvalue weighted by atomic mass is 35.5. The number of ether oxygens (including phenoxy) is 2. The number of halogens is 2. The molecule has 0 bridgehead atoms. The Morgan fingerprint density at radius 2 is 1.19 bits per heavy atom. The van der Waals surface area contributed by atoms with Crippen molar-refractivity contribution in [2.24, 2.45) is 0 Å². The number of rotatable bonds is 2. The van der Waals surface area contributed by atoms with Gasteiger partial charge in [-0.3, -0.25) is 0 Å². The molecule has 1 fully saturated rings. The van der Waals surface area contributed by atoms with Crippen LogP contribution in [0.4, 0.5) is 9.59 Å². The highest BCUT2D eigenvalue weighted by molar-refractivity contribution is 6.61. The molecular weight excluding hydrogens is 255 g/mol. The van der Waals surface area contributed by atoms with Gasteiger partial charge in [-0.1, -0.05) is 12.8 Å². The van der Waals surface area contributed by atoms with E-state index in [9.17, 15) is 9.59 Å². The summed E-state index contributed by atoms with van der Waals surface area (Å²) in [7, 11) is 0. The molecule has 0 saturated heterocycles. The monoisotopic (exact) mass is 268 g/mol. The Hall–Kier alpha value is -0.480. The second-order valence-corrected chi connectivity index (χ2v) is 4.40. The van der Waals surface area contributed by atoms with Crippen LogP contribution >= 0.6 is 23.2 Å². The fourth-order valence-electron chi connectivity index (χ4n) is 1.92. The van der Waals surface area contributed by atoms with Gasteiger partial charge in [0, 0.05) is 23.2 Å². The molecule has 6 heteroatoms. The first-order valence-electron chi connectivity index (χ1n) is 5.32. The number of carbonyl (C=O) groups is 2. The van der Waals surface area contributed by atoms with Crippen molar-refractivity contribution >= 4 is 34.1 Å². The first kappa shape index (κ1) is 13.6. The lowest BCUT2D eigenvalue weighted by atomic mass is 9.96. The van der Waals surface area contributed by atoms with E-state index in [1.165, 1.54) is 0 Å². The molecule has 0 aromatic heterocycles. The van der Waals surface area contributed by atoms with Crippen molar-refractivity contribution < 1.29 is 19.1 Å². The molecule has 0 aromatic rings. The molecule has 1 aliphatic carbocycles. The smallest absolute Gasteiger partial charge is 0.404 e. The fourth-order valence-corrected chi connectivity index (χ4v) is 2.15. The van der Waals surface area contributed by atoms with Gasteiger partial charge in [0.1, 0.15) is 12.2 Å². The molecular formula is C10H14Cl2O4. The molecule has 1 aliphatic rings. The Kier molecular flexibility index (Phi) is 5.91. The summed E-state index contributed by atoms with van der Waals surface area (Å²) in [5, 5.41) is 0. The molecule has 0 heterocycles. The fraction of sp³-hybridized carbons (Fsp3) is 0.800. The predicted molar refractivity (Wildman–Crippen MR) is 59.9 cm³/mol. The average molecular weight is 269 g/mol. The SMILES string of the molecule is O=C(Cl)OC1CCCCCCC1OC(=O)Cl. The van der Waals surface area contributed by atoms with Crippen LogP contribution < -0.4 is 0 Å². The minimum Gasteiger partial charge on any atom is -0.446 e. The molecule has 2 atom stereocenters. The van der Waals surface area contributed by atoms with Crippen LogP contribution in [0.5, 0.6) is 0 Å². The van der Waals surface area contributed by atoms with Crippen molar-refractivity contribution in [2.75, 3.05) is 0 Å². The quantitative estimate of drug-likeness (QED) is 0.715. The second kappa shape index (κ2) is 6.97. The Labute approximate surface area is 104 Å². The third-order valence-corrected chi connectivity index (χ3v) is 2.81. The minimum absolute atomic E-state index is 0.479. The Morgan fingerprint density at radius 3 is 1.50 bits per heavy atom. The largest absolute Gasteiger partial charge is 0.446 e. The van der Waals surface area contributed by atoms with Crippen molar-refractivity contribution in [1.82, 2.24) is 0 Å². The van der Waals surface area contributed by atoms with Gasteiger partial charge >= 0.3 is 10.9 Å². The van der Waals surface area contributed by atoms with E-state index in [2.05, 4.69) is 0 Å². The van der Waals surface area contributed by atoms with E-state index >= 15 is 0 Å². The zero-order valence-electron chi connectivity index (χ0n) is 8.79. The molecule has 16 heavy (non-hydrogen) atoms. The lowest BCUT2D eigenvalue weighted by Crippen LogP contribution is -2.34. The average Bonchev–Trinajstić information content (AvgIpc) is 2.15. The molecule has 0 aromatic carbocycles. The third kappa shape index (κ3) is 5.03. The van der Waals surface area contributed by atoms with Crippen LogP contribution in [0.1, 0.15) is 38.5 Å². The maximum atomic E-state index is 10.7. The molecule has 1 rings (SSSR count). The van der Waals surface area contributed by atoms with Crippen molar-refractivity contribution in [1.29, 1.82) is 0 Å². The summed E-state index contributed by atoms with van der Waals surface area (Å²) in [5.74, 6) is 0. The lowest BCUT2D eigenvalue weighted by Gasteiger charge is -2.27. The highest BCUT2D eigenvalue weighted by Gasteiger charge is 2.28. The molecule has 4 nitrogen and oxygen atoms in total. The number of hydrogen-bond donors (Lipinski definition) is 0. The Balaban J connectivity index is 2.60. The van der Waals surface area contributed by atoms with Crippen LogP contribution in [0, 0.1) is 0 Å². The zero-order chi connectivity index (χ0) is 12.0. The molecule has 0 spiro atoms. The van der Waals surface area contributed by atoms with Crippen molar-refractivity contribution in [3.63, 3.8) is 0 Å². The lowest BCUT2D eigenvalue weighted by molar-refractivity contribution is -0.00627. The molecule has 0 aliphatic heterocycles. The van der Waals surface area contributed by atoms with Gasteiger partial charge in [0.05, 0.1) is 0 Å². The van der Waals surface area contributed by atoms with Crippen LogP contribution in [0.25, 0.3) is 0 Å². The summed E-state index contributed by atoms with van der Waals surface area (Å²) in [6.45, 7) is 0. The van der Waals surface area contributed by atoms with Crippen molar-refractivity contribution in [3.8, 4) is 0 Å². The maximum absolute atomic E-state index is 10.7. The molecule has 0 N–H and O–H groups in total. The Bertz CT molecular complexity index is 231. The predicted octanol–water partition coefficient (Wildman–Crippen LogP) is 3.83. The van der Waals surface area contributed by atoms with E-state index in [1.54, 1.807) is 0 Å². The molecule has 0 radical (unpaired) electrons. The van der Waals surface area contributed by atoms with Gasteiger partial charge in [0.25, 0.3) is 0 Å². The van der Waals surface area contributed by atoms with Gasteiger partial charge in [-0.25, -0.2) is 9.59 Å². The normalized spacial score (nSPS) is 26.4. The van der Waals surface area contributed by atoms with E-state index in [4.69, 9.17) is 32.7 Å². The van der Waals surface area contributed by atoms with Crippen LogP contribution in [0.15, 0.2) is 0 Å². The highest BCUT2D eigenvalue weighted by Crippen LogP contribution is 2.23. The minimum atomic E-state index is -0.874. The van der Waals surface area contributed by atoms with E-state index in [-0.39, 0.29) is 0 Å². The van der Waals surface area contributed by atoms with Gasteiger partial charge in [0.2, 0.25) is 0 Å². The van der Waals surface area contributed by atoms with Gasteiger partial charge in [0.15, 0.2) is 0 Å². The summed E-state index contributed by atoms with van der Waals surface area (Å²) in [5.41, 5.74) is -1.75. The number of hydrogen-bond acceptors (Lipinski definition) is 4. The number of carbonyl (C=O) groups excluding carboxylic acids is 2. The van der Waals surface area contributed by atoms with Gasteiger partial charge in [-0.15, -0.1) is 0 Å². The van der Waals surface area contributed by atoms with Crippen LogP contribution in [0.2, 0.25) is 0 Å². The summed E-state index contributed by atoms with van der Waals surface area (Å²) < 4.78 is 9.86. The molecule has 92 valence electrons. The second-order valence-electron chi connectivity index (χ2n) is 3.78. The van der Waals surface area contributed by atoms with Crippen LogP contribution in [0.3, 0.4) is 0 Å². The van der Waals surface area contributed by atoms with Crippen molar-refractivity contribution in [3.05, 3.63) is 0 Å². The van der Waals surface area contributed by atoms with Gasteiger partial charge in [-0.05, 0) is 25.7 Å². The van der Waals surface area contributed by atoms with E-state index in [0.29, 0.717) is 12.8 Å². The maximum Gasteiger partial charge on any atom is 0.404 e. The van der Waals surface area contributed by atoms with Crippen LogP contribution in [-0.4, -0.2) is 23.1 Å². The van der Waals surface area contributed by atoms with Crippen LogP contribution in [-0.2, 0) is 9.47 Å². The standard InChI is InChI=1S/C10H14Cl2O4/c11-9(13)15-7-5-3-1-2-4-6-8(7)16-10(12)14/h7-8H,1-6H2. The molecule has 0 amide bonds. The van der Waals surface area contributed by atoms with E-state index < -0.39 is 23.1 Å². The summed E-state index contributed by atoms with van der Waals surface area (Å²) in [4.78, 5) is 21.4. The first-order valence-corrected chi connectivity index (χ1v) is 6.07. The van der Waals surface area contributed by atoms with Gasteiger partial charge < -0.3 is 9.47 Å². The Morgan fingerprint density at radius 1 is 0.812 bits per heavy atom. The molecule has 2 unspecified atom stereocenters. The zero-order valence-corrected chi connectivity index (χ0v) is 10.3. The van der Waals surface area contributed by atoms with Gasteiger partial charge in [-0.2, -0.15) is 0 Å². The first-order chi connectivity index (χ1) is 7.59. The summed E-state index contributed by atoms with van der Waals surface area (Å²) in [6.07, 6.45) is 4.34. The topological polar surface area (TPSA) is 52.6 Å². The third-order valence-electron chi connectivity index (χ3n) is 2.63. The molecule has 1 saturated carbocycles. The van der Waals surface area contributed by atoms with E-state index in [1.807, 2.05) is 0 Å². The summed E-state index contributed by atoms with van der Waals surface area (Å²) >= 11 is 10.3.